The van der Waals surface area contributed by atoms with Crippen molar-refractivity contribution in [3.8, 4) is 0 Å². The summed E-state index contributed by atoms with van der Waals surface area (Å²) in [4.78, 5) is 12.7. The molecule has 0 bridgehead atoms. The van der Waals surface area contributed by atoms with Crippen molar-refractivity contribution >= 4 is 34.1 Å². The fourth-order valence-electron chi connectivity index (χ4n) is 4.31. The number of carbonyl (C=O) groups excluding carboxylic acids is 1. The second-order valence-corrected chi connectivity index (χ2v) is 8.54. The van der Waals surface area contributed by atoms with Crippen molar-refractivity contribution in [3.63, 3.8) is 0 Å². The quantitative estimate of drug-likeness (QED) is 0.746. The number of anilines is 1. The van der Waals surface area contributed by atoms with Gasteiger partial charge in [-0.15, -0.1) is 0 Å². The van der Waals surface area contributed by atoms with Gasteiger partial charge in [-0.3, -0.25) is 4.79 Å². The van der Waals surface area contributed by atoms with Crippen LogP contribution < -0.4 is 5.32 Å². The Morgan fingerprint density at radius 3 is 2.67 bits per heavy atom. The van der Waals surface area contributed by atoms with Crippen LogP contribution in [0.15, 0.2) is 24.4 Å². The zero-order chi connectivity index (χ0) is 18.9. The highest BCUT2D eigenvalue weighted by Gasteiger charge is 2.37. The van der Waals surface area contributed by atoms with Crippen LogP contribution in [-0.2, 0) is 16.1 Å². The maximum Gasteiger partial charge on any atom is 0.224 e. The monoisotopic (exact) mass is 390 g/mol. The van der Waals surface area contributed by atoms with Gasteiger partial charge < -0.3 is 19.7 Å². The minimum Gasteiger partial charge on any atom is -0.383 e. The van der Waals surface area contributed by atoms with E-state index in [9.17, 15) is 9.90 Å². The Kier molecular flexibility index (Phi) is 5.44. The van der Waals surface area contributed by atoms with Gasteiger partial charge in [-0.25, -0.2) is 0 Å². The van der Waals surface area contributed by atoms with Crippen LogP contribution in [0.5, 0.6) is 0 Å². The van der Waals surface area contributed by atoms with Crippen molar-refractivity contribution in [2.24, 2.45) is 5.92 Å². The number of aromatic nitrogens is 1. The summed E-state index contributed by atoms with van der Waals surface area (Å²) in [6.07, 6.45) is 9.76. The van der Waals surface area contributed by atoms with Crippen LogP contribution in [0.4, 0.5) is 5.69 Å². The van der Waals surface area contributed by atoms with Crippen molar-refractivity contribution in [1.82, 2.24) is 4.57 Å². The van der Waals surface area contributed by atoms with Crippen molar-refractivity contribution in [3.05, 3.63) is 29.4 Å². The predicted molar refractivity (Wildman–Crippen MR) is 107 cm³/mol. The second-order valence-electron chi connectivity index (χ2n) is 8.13. The Balaban J connectivity index is 1.54. The molecule has 1 saturated heterocycles. The minimum absolute atomic E-state index is 0.0477. The van der Waals surface area contributed by atoms with Crippen LogP contribution >= 0.6 is 11.6 Å². The summed E-state index contributed by atoms with van der Waals surface area (Å²) in [6.45, 7) is 1.08. The molecular weight excluding hydrogens is 364 g/mol. The SMILES string of the molecule is O=C(CC1CCCCCC1)Nc1cn(CC2(O)COC2)c2cccc(Cl)c12. The Bertz CT molecular complexity index is 820. The Morgan fingerprint density at radius 2 is 2.00 bits per heavy atom. The molecule has 2 N–H and O–H groups in total. The van der Waals surface area contributed by atoms with Gasteiger partial charge in [-0.05, 0) is 30.9 Å². The normalized spacial score (nSPS) is 20.2. The van der Waals surface area contributed by atoms with Crippen molar-refractivity contribution in [2.75, 3.05) is 18.5 Å². The lowest BCUT2D eigenvalue weighted by Gasteiger charge is -2.36. The third-order valence-electron chi connectivity index (χ3n) is 5.78. The molecule has 2 aromatic rings. The van der Waals surface area contributed by atoms with E-state index in [4.69, 9.17) is 16.3 Å². The zero-order valence-electron chi connectivity index (χ0n) is 15.5. The highest BCUT2D eigenvalue weighted by Crippen LogP contribution is 2.34. The number of aliphatic hydroxyl groups is 1. The Labute approximate surface area is 164 Å². The number of halogens is 1. The number of benzene rings is 1. The maximum atomic E-state index is 12.7. The molecule has 6 heteroatoms. The average Bonchev–Trinajstić information content (AvgIpc) is 2.78. The summed E-state index contributed by atoms with van der Waals surface area (Å²) in [7, 11) is 0. The standard InChI is InChI=1S/C21H27ClN2O3/c22-16-8-5-9-18-20(16)17(11-24(18)12-21(26)13-27-14-21)23-19(25)10-15-6-3-1-2-4-7-15/h5,8-9,11,15,26H,1-4,6-7,10,12-14H2,(H,23,25). The van der Waals surface area contributed by atoms with E-state index in [2.05, 4.69) is 5.32 Å². The first-order valence-corrected chi connectivity index (χ1v) is 10.3. The number of hydrogen-bond donors (Lipinski definition) is 2. The number of nitrogens with one attached hydrogen (secondary N) is 1. The topological polar surface area (TPSA) is 63.5 Å². The van der Waals surface area contributed by atoms with E-state index in [1.54, 1.807) is 0 Å². The molecule has 4 rings (SSSR count). The minimum atomic E-state index is -0.851. The van der Waals surface area contributed by atoms with Crippen LogP contribution in [0.3, 0.4) is 0 Å². The van der Waals surface area contributed by atoms with E-state index in [-0.39, 0.29) is 5.91 Å². The number of carbonyl (C=O) groups is 1. The molecule has 2 heterocycles. The van der Waals surface area contributed by atoms with E-state index in [1.165, 1.54) is 25.7 Å². The van der Waals surface area contributed by atoms with Crippen LogP contribution in [-0.4, -0.2) is 34.4 Å². The van der Waals surface area contributed by atoms with Gasteiger partial charge in [0, 0.05) is 18.0 Å². The Hall–Kier alpha value is -1.56. The molecule has 2 fully saturated rings. The Morgan fingerprint density at radius 1 is 1.26 bits per heavy atom. The lowest BCUT2D eigenvalue weighted by molar-refractivity contribution is -0.184. The van der Waals surface area contributed by atoms with E-state index < -0.39 is 5.60 Å². The van der Waals surface area contributed by atoms with Gasteiger partial charge in [0.25, 0.3) is 0 Å². The van der Waals surface area contributed by atoms with E-state index in [0.717, 1.165) is 29.4 Å². The van der Waals surface area contributed by atoms with Gasteiger partial charge in [0.15, 0.2) is 0 Å². The molecule has 27 heavy (non-hydrogen) atoms. The van der Waals surface area contributed by atoms with E-state index in [0.29, 0.717) is 37.1 Å². The maximum absolute atomic E-state index is 12.7. The molecule has 146 valence electrons. The summed E-state index contributed by atoms with van der Waals surface area (Å²) >= 11 is 6.44. The van der Waals surface area contributed by atoms with Crippen LogP contribution in [0, 0.1) is 5.92 Å². The van der Waals surface area contributed by atoms with Gasteiger partial charge >= 0.3 is 0 Å². The molecule has 1 amide bonds. The summed E-state index contributed by atoms with van der Waals surface area (Å²) in [5.74, 6) is 0.524. The van der Waals surface area contributed by atoms with Gasteiger partial charge in [-0.2, -0.15) is 0 Å². The van der Waals surface area contributed by atoms with Crippen LogP contribution in [0.25, 0.3) is 10.9 Å². The van der Waals surface area contributed by atoms with Crippen LogP contribution in [0.2, 0.25) is 5.02 Å². The number of fused-ring (bicyclic) bond motifs is 1. The smallest absolute Gasteiger partial charge is 0.224 e. The molecule has 0 atom stereocenters. The summed E-state index contributed by atoms with van der Waals surface area (Å²) < 4.78 is 7.12. The molecule has 1 saturated carbocycles. The molecule has 1 aromatic heterocycles. The number of nitrogens with zero attached hydrogens (tertiary/aromatic N) is 1. The highest BCUT2D eigenvalue weighted by atomic mass is 35.5. The summed E-state index contributed by atoms with van der Waals surface area (Å²) in [6, 6.07) is 5.68. The molecule has 1 aromatic carbocycles. The van der Waals surface area contributed by atoms with Crippen LogP contribution in [0.1, 0.15) is 44.9 Å². The lowest BCUT2D eigenvalue weighted by atomic mass is 9.96. The van der Waals surface area contributed by atoms with Crippen molar-refractivity contribution in [1.29, 1.82) is 0 Å². The third-order valence-corrected chi connectivity index (χ3v) is 6.10. The molecule has 0 radical (unpaired) electrons. The van der Waals surface area contributed by atoms with Crippen molar-refractivity contribution < 1.29 is 14.6 Å². The molecule has 5 nitrogen and oxygen atoms in total. The highest BCUT2D eigenvalue weighted by molar-refractivity contribution is 6.36. The van der Waals surface area contributed by atoms with E-state index in [1.807, 2.05) is 29.0 Å². The predicted octanol–water partition coefficient (Wildman–Crippen LogP) is 4.36. The van der Waals surface area contributed by atoms with E-state index >= 15 is 0 Å². The number of ether oxygens (including phenoxy) is 1. The summed E-state index contributed by atoms with van der Waals surface area (Å²) in [5.41, 5.74) is 0.779. The number of rotatable bonds is 5. The van der Waals surface area contributed by atoms with Gasteiger partial charge in [0.2, 0.25) is 5.91 Å². The fourth-order valence-corrected chi connectivity index (χ4v) is 4.58. The molecule has 1 aliphatic carbocycles. The molecule has 1 aliphatic heterocycles. The number of amides is 1. The third kappa shape index (κ3) is 4.15. The van der Waals surface area contributed by atoms with Gasteiger partial charge in [-0.1, -0.05) is 43.4 Å². The van der Waals surface area contributed by atoms with Gasteiger partial charge in [0.1, 0.15) is 5.60 Å². The van der Waals surface area contributed by atoms with Gasteiger partial charge in [0.05, 0.1) is 36.0 Å². The first kappa shape index (κ1) is 18.8. The second kappa shape index (κ2) is 7.82. The molecule has 2 aliphatic rings. The summed E-state index contributed by atoms with van der Waals surface area (Å²) in [5, 5.41) is 15.0. The van der Waals surface area contributed by atoms with Crippen molar-refractivity contribution in [2.45, 2.75) is 57.1 Å². The molecule has 0 unspecified atom stereocenters. The first-order chi connectivity index (χ1) is 13.0. The lowest BCUT2D eigenvalue weighted by Crippen LogP contribution is -2.52. The largest absolute Gasteiger partial charge is 0.383 e. The molecular formula is C21H27ClN2O3. The first-order valence-electron chi connectivity index (χ1n) is 9.91. The molecule has 0 spiro atoms. The average molecular weight is 391 g/mol. The fraction of sp³-hybridized carbons (Fsp3) is 0.571. The number of hydrogen-bond acceptors (Lipinski definition) is 3. The zero-order valence-corrected chi connectivity index (χ0v) is 16.3.